The molecule has 0 saturated heterocycles. The lowest BCUT2D eigenvalue weighted by Crippen LogP contribution is -2.25. The van der Waals surface area contributed by atoms with Crippen LogP contribution in [0.5, 0.6) is 0 Å². The second-order valence-electron chi connectivity index (χ2n) is 5.78. The van der Waals surface area contributed by atoms with Crippen LogP contribution in [0.3, 0.4) is 0 Å². The van der Waals surface area contributed by atoms with E-state index < -0.39 is 10.0 Å². The number of sulfonamides is 1. The Morgan fingerprint density at radius 3 is 2.54 bits per heavy atom. The first kappa shape index (κ1) is 17.2. The summed E-state index contributed by atoms with van der Waals surface area (Å²) in [6.45, 7) is 3.46. The molecule has 8 heteroatoms. The second-order valence-corrected chi connectivity index (χ2v) is 8.29. The first-order chi connectivity index (χ1) is 11.3. The highest BCUT2D eigenvalue weighted by atomic mass is 79.9. The number of nitrogens with one attached hydrogen (secondary N) is 2. The first-order valence-corrected chi connectivity index (χ1v) is 9.75. The van der Waals surface area contributed by atoms with E-state index in [4.69, 9.17) is 4.42 Å². The molecule has 6 nitrogen and oxygen atoms in total. The van der Waals surface area contributed by atoms with Gasteiger partial charge in [0.15, 0.2) is 0 Å². The van der Waals surface area contributed by atoms with Crippen molar-refractivity contribution in [3.63, 3.8) is 0 Å². The topological polar surface area (TPSA) is 88.4 Å². The summed E-state index contributed by atoms with van der Waals surface area (Å²) in [6, 6.07) is 6.22. The molecule has 1 aromatic carbocycles. The monoisotopic (exact) mass is 412 g/mol. The highest BCUT2D eigenvalue weighted by molar-refractivity contribution is 9.10. The zero-order valence-electron chi connectivity index (χ0n) is 13.2. The number of anilines is 1. The van der Waals surface area contributed by atoms with Crippen molar-refractivity contribution in [1.82, 2.24) is 4.72 Å². The SMILES string of the molecule is Cc1oc(C)c(C(=O)Nc2cccc(S(=O)(=O)NC3CC3)c2)c1Br. The lowest BCUT2D eigenvalue weighted by Gasteiger charge is -2.09. The van der Waals surface area contributed by atoms with Gasteiger partial charge in [0.25, 0.3) is 5.91 Å². The van der Waals surface area contributed by atoms with Crippen molar-refractivity contribution in [2.75, 3.05) is 5.32 Å². The standard InChI is InChI=1S/C16H17BrN2O4S/c1-9-14(15(17)10(2)23-9)16(20)18-12-4-3-5-13(8-12)24(21,22)19-11-6-7-11/h3-5,8,11,19H,6-7H2,1-2H3,(H,18,20). The van der Waals surface area contributed by atoms with Crippen molar-refractivity contribution in [3.8, 4) is 0 Å². The summed E-state index contributed by atoms with van der Waals surface area (Å²) in [7, 11) is -3.56. The zero-order valence-corrected chi connectivity index (χ0v) is 15.6. The van der Waals surface area contributed by atoms with Crippen LogP contribution in [0.15, 0.2) is 38.1 Å². The van der Waals surface area contributed by atoms with Crippen molar-refractivity contribution in [1.29, 1.82) is 0 Å². The zero-order chi connectivity index (χ0) is 17.5. The van der Waals surface area contributed by atoms with Crippen LogP contribution < -0.4 is 10.0 Å². The minimum Gasteiger partial charge on any atom is -0.465 e. The minimum absolute atomic E-state index is 0.0285. The van der Waals surface area contributed by atoms with E-state index in [1.165, 1.54) is 12.1 Å². The minimum atomic E-state index is -3.56. The largest absolute Gasteiger partial charge is 0.465 e. The molecule has 0 aliphatic heterocycles. The molecule has 0 unspecified atom stereocenters. The van der Waals surface area contributed by atoms with E-state index in [2.05, 4.69) is 26.0 Å². The van der Waals surface area contributed by atoms with E-state index in [1.807, 2.05) is 0 Å². The highest BCUT2D eigenvalue weighted by Crippen LogP contribution is 2.28. The summed E-state index contributed by atoms with van der Waals surface area (Å²) in [5.74, 6) is 0.750. The van der Waals surface area contributed by atoms with Gasteiger partial charge in [-0.25, -0.2) is 13.1 Å². The molecule has 24 heavy (non-hydrogen) atoms. The Labute approximate surface area is 148 Å². The van der Waals surface area contributed by atoms with Gasteiger partial charge in [-0.05, 0) is 60.8 Å². The van der Waals surface area contributed by atoms with E-state index in [9.17, 15) is 13.2 Å². The molecule has 0 spiro atoms. The van der Waals surface area contributed by atoms with E-state index in [1.54, 1.807) is 26.0 Å². The number of hydrogen-bond acceptors (Lipinski definition) is 4. The van der Waals surface area contributed by atoms with E-state index in [0.717, 1.165) is 12.8 Å². The quantitative estimate of drug-likeness (QED) is 0.787. The third kappa shape index (κ3) is 3.55. The van der Waals surface area contributed by atoms with Gasteiger partial charge in [0.1, 0.15) is 11.5 Å². The number of carbonyl (C=O) groups is 1. The van der Waals surface area contributed by atoms with E-state index in [-0.39, 0.29) is 16.8 Å². The number of carbonyl (C=O) groups excluding carboxylic acids is 1. The fourth-order valence-corrected chi connectivity index (χ4v) is 4.23. The maximum Gasteiger partial charge on any atom is 0.260 e. The Hall–Kier alpha value is -1.64. The fourth-order valence-electron chi connectivity index (χ4n) is 2.34. The Morgan fingerprint density at radius 1 is 1.25 bits per heavy atom. The smallest absolute Gasteiger partial charge is 0.260 e. The van der Waals surface area contributed by atoms with Crippen LogP contribution in [-0.2, 0) is 10.0 Å². The molecule has 0 bridgehead atoms. The molecule has 1 aliphatic rings. The molecule has 0 radical (unpaired) electrons. The van der Waals surface area contributed by atoms with Gasteiger partial charge in [0.2, 0.25) is 10.0 Å². The summed E-state index contributed by atoms with van der Waals surface area (Å²) >= 11 is 3.33. The normalized spacial score (nSPS) is 14.6. The molecule has 0 atom stereocenters. The van der Waals surface area contributed by atoms with Gasteiger partial charge >= 0.3 is 0 Å². The lowest BCUT2D eigenvalue weighted by atomic mass is 10.2. The van der Waals surface area contributed by atoms with Crippen LogP contribution >= 0.6 is 15.9 Å². The van der Waals surface area contributed by atoms with E-state index >= 15 is 0 Å². The predicted octanol–water partition coefficient (Wildman–Crippen LogP) is 3.35. The number of aryl methyl sites for hydroxylation is 2. The van der Waals surface area contributed by atoms with Crippen LogP contribution in [-0.4, -0.2) is 20.4 Å². The van der Waals surface area contributed by atoms with Gasteiger partial charge < -0.3 is 9.73 Å². The Kier molecular flexibility index (Phi) is 4.54. The average molecular weight is 413 g/mol. The molecule has 1 fully saturated rings. The lowest BCUT2D eigenvalue weighted by molar-refractivity contribution is 0.102. The number of halogens is 1. The van der Waals surface area contributed by atoms with Crippen molar-refractivity contribution < 1.29 is 17.6 Å². The molecule has 1 saturated carbocycles. The molecule has 1 amide bonds. The van der Waals surface area contributed by atoms with Crippen molar-refractivity contribution in [3.05, 3.63) is 45.8 Å². The predicted molar refractivity (Wildman–Crippen MR) is 93.6 cm³/mol. The van der Waals surface area contributed by atoms with Crippen LogP contribution in [0.2, 0.25) is 0 Å². The fraction of sp³-hybridized carbons (Fsp3) is 0.312. The third-order valence-electron chi connectivity index (χ3n) is 3.72. The third-order valence-corrected chi connectivity index (χ3v) is 6.19. The number of rotatable bonds is 5. The van der Waals surface area contributed by atoms with Crippen molar-refractivity contribution in [2.45, 2.75) is 37.6 Å². The Bertz CT molecular complexity index is 901. The summed E-state index contributed by atoms with van der Waals surface area (Å²) in [4.78, 5) is 12.6. The second kappa shape index (κ2) is 6.34. The molecule has 1 heterocycles. The van der Waals surface area contributed by atoms with Gasteiger partial charge in [-0.2, -0.15) is 0 Å². The van der Waals surface area contributed by atoms with Crippen LogP contribution in [0, 0.1) is 13.8 Å². The first-order valence-electron chi connectivity index (χ1n) is 7.47. The van der Waals surface area contributed by atoms with Crippen molar-refractivity contribution >= 4 is 37.5 Å². The van der Waals surface area contributed by atoms with Crippen LogP contribution in [0.25, 0.3) is 0 Å². The van der Waals surface area contributed by atoms with Gasteiger partial charge in [0, 0.05) is 11.7 Å². The maximum absolute atomic E-state index is 12.5. The molecule has 128 valence electrons. The molecular weight excluding hydrogens is 396 g/mol. The molecule has 2 N–H and O–H groups in total. The molecule has 2 aromatic rings. The van der Waals surface area contributed by atoms with E-state index in [0.29, 0.717) is 27.2 Å². The van der Waals surface area contributed by atoms with Gasteiger partial charge in [-0.1, -0.05) is 6.07 Å². The highest BCUT2D eigenvalue weighted by Gasteiger charge is 2.28. The molecule has 1 aromatic heterocycles. The van der Waals surface area contributed by atoms with Crippen LogP contribution in [0.4, 0.5) is 5.69 Å². The molecule has 1 aliphatic carbocycles. The average Bonchev–Trinajstić information content (AvgIpc) is 3.26. The summed E-state index contributed by atoms with van der Waals surface area (Å²) in [5.41, 5.74) is 0.806. The number of furan rings is 1. The maximum atomic E-state index is 12.5. The van der Waals surface area contributed by atoms with Gasteiger partial charge in [0.05, 0.1) is 14.9 Å². The summed E-state index contributed by atoms with van der Waals surface area (Å²) < 4.78 is 33.1. The van der Waals surface area contributed by atoms with Crippen molar-refractivity contribution in [2.24, 2.45) is 0 Å². The van der Waals surface area contributed by atoms with Crippen LogP contribution in [0.1, 0.15) is 34.7 Å². The number of amides is 1. The molecular formula is C16H17BrN2O4S. The summed E-state index contributed by atoms with van der Waals surface area (Å²) in [5, 5.41) is 2.71. The number of benzene rings is 1. The summed E-state index contributed by atoms with van der Waals surface area (Å²) in [6.07, 6.45) is 1.73. The molecule has 3 rings (SSSR count). The van der Waals surface area contributed by atoms with Gasteiger partial charge in [-0.3, -0.25) is 4.79 Å². The van der Waals surface area contributed by atoms with Gasteiger partial charge in [-0.15, -0.1) is 0 Å². The Balaban J connectivity index is 1.83. The Morgan fingerprint density at radius 2 is 1.96 bits per heavy atom. The number of hydrogen-bond donors (Lipinski definition) is 2.